The van der Waals surface area contributed by atoms with Crippen molar-refractivity contribution in [3.8, 4) is 0 Å². The Kier molecular flexibility index (Phi) is 11.2. The van der Waals surface area contributed by atoms with Gasteiger partial charge >= 0.3 is 18.0 Å². The lowest BCUT2D eigenvalue weighted by molar-refractivity contribution is -0.252. The van der Waals surface area contributed by atoms with Crippen LogP contribution in [-0.2, 0) is 39.9 Å². The first-order valence-corrected chi connectivity index (χ1v) is 12.5. The summed E-state index contributed by atoms with van der Waals surface area (Å²) in [6.07, 6.45) is -3.47. The van der Waals surface area contributed by atoms with Crippen molar-refractivity contribution in [2.24, 2.45) is 10.2 Å². The van der Waals surface area contributed by atoms with Gasteiger partial charge in [0.2, 0.25) is 0 Å². The van der Waals surface area contributed by atoms with Crippen molar-refractivity contribution >= 4 is 18.0 Å². The summed E-state index contributed by atoms with van der Waals surface area (Å²) in [5.74, 6) is -1.39. The lowest BCUT2D eigenvalue weighted by atomic mass is 9.84. The van der Waals surface area contributed by atoms with Gasteiger partial charge in [0.1, 0.15) is 18.8 Å². The Morgan fingerprint density at radius 2 is 1.62 bits per heavy atom. The number of hydrogen-bond acceptors (Lipinski definition) is 10. The van der Waals surface area contributed by atoms with Gasteiger partial charge in [0.25, 0.3) is 0 Å². The third-order valence-corrected chi connectivity index (χ3v) is 6.20. The minimum absolute atomic E-state index is 0.0144. The molecule has 15 nitrogen and oxygen atoms in total. The minimum Gasteiger partial charge on any atom is -0.458 e. The number of carbonyl (C=O) groups excluding carboxylic acids is 3. The van der Waals surface area contributed by atoms with E-state index in [-0.39, 0.29) is 19.6 Å². The molecule has 1 aromatic rings. The molecule has 0 aromatic heterocycles. The molecule has 0 spiro atoms. The van der Waals surface area contributed by atoms with Gasteiger partial charge in [0, 0.05) is 30.2 Å². The van der Waals surface area contributed by atoms with Crippen LogP contribution in [0.1, 0.15) is 45.1 Å². The van der Waals surface area contributed by atoms with Gasteiger partial charge < -0.3 is 29.0 Å². The van der Waals surface area contributed by atoms with Gasteiger partial charge in [-0.05, 0) is 42.3 Å². The van der Waals surface area contributed by atoms with Crippen LogP contribution < -0.4 is 5.32 Å². The van der Waals surface area contributed by atoms with Crippen LogP contribution in [0.4, 0.5) is 4.79 Å². The van der Waals surface area contributed by atoms with E-state index in [4.69, 9.17) is 34.7 Å². The minimum atomic E-state index is -1.23. The molecule has 1 N–H and O–H groups in total. The predicted octanol–water partition coefficient (Wildman–Crippen LogP) is 3.82. The molecule has 39 heavy (non-hydrogen) atoms. The molecule has 1 aromatic carbocycles. The van der Waals surface area contributed by atoms with Crippen LogP contribution in [-0.4, -0.2) is 67.4 Å². The number of azide groups is 2. The van der Waals surface area contributed by atoms with E-state index in [1.807, 2.05) is 30.3 Å². The SMILES string of the molecule is CC(=O)O[C@H]1[C@H](O[C@@H]2CCC[C@@H](CNC(=O)OCc3ccccc3)O2)C(N=[N+]=[N-])CC(N=[N+]=[N-])[C@@H]1OC(C)=O. The Morgan fingerprint density at radius 1 is 0.974 bits per heavy atom. The standard InChI is InChI=1S/C24H31N7O8/c1-14(32)36-21-18(28-30-25)11-19(29-31-26)22(23(21)37-15(2)33)39-20-10-6-9-17(38-20)12-27-24(34)35-13-16-7-4-3-5-8-16/h3-5,7-8,17-23H,6,9-13H2,1-2H3,(H,27,34)/t17-,18?,19?,20+,21-,22+,23+/m0/s1. The second-order valence-corrected chi connectivity index (χ2v) is 9.09. The summed E-state index contributed by atoms with van der Waals surface area (Å²) in [4.78, 5) is 41.5. The molecule has 1 aliphatic carbocycles. The van der Waals surface area contributed by atoms with Crippen molar-refractivity contribution in [3.05, 3.63) is 56.8 Å². The molecular weight excluding hydrogens is 514 g/mol. The van der Waals surface area contributed by atoms with Gasteiger partial charge in [-0.1, -0.05) is 40.6 Å². The highest BCUT2D eigenvalue weighted by atomic mass is 16.7. The van der Waals surface area contributed by atoms with E-state index < -0.39 is 60.8 Å². The average molecular weight is 546 g/mol. The Labute approximate surface area is 224 Å². The fourth-order valence-electron chi connectivity index (χ4n) is 4.59. The first-order valence-electron chi connectivity index (χ1n) is 12.5. The van der Waals surface area contributed by atoms with Gasteiger partial charge in [-0.3, -0.25) is 9.59 Å². The van der Waals surface area contributed by atoms with Crippen molar-refractivity contribution in [1.82, 2.24) is 5.32 Å². The highest BCUT2D eigenvalue weighted by molar-refractivity contribution is 5.68. The first kappa shape index (κ1) is 29.5. The number of amides is 1. The van der Waals surface area contributed by atoms with Gasteiger partial charge in [-0.25, -0.2) is 4.79 Å². The lowest BCUT2D eigenvalue weighted by Crippen LogP contribution is -2.59. The number of hydrogen-bond donors (Lipinski definition) is 1. The summed E-state index contributed by atoms with van der Waals surface area (Å²) in [5, 5.41) is 10.1. The van der Waals surface area contributed by atoms with E-state index in [0.717, 1.165) is 12.5 Å². The summed E-state index contributed by atoms with van der Waals surface area (Å²) < 4.78 is 28.2. The molecule has 3 rings (SSSR count). The van der Waals surface area contributed by atoms with Crippen molar-refractivity contribution < 1.29 is 38.1 Å². The zero-order valence-corrected chi connectivity index (χ0v) is 21.6. The third-order valence-electron chi connectivity index (χ3n) is 6.20. The zero-order chi connectivity index (χ0) is 28.2. The first-order chi connectivity index (χ1) is 18.8. The molecule has 1 amide bonds. The predicted molar refractivity (Wildman–Crippen MR) is 134 cm³/mol. The molecule has 15 heteroatoms. The maximum Gasteiger partial charge on any atom is 0.407 e. The van der Waals surface area contributed by atoms with E-state index in [2.05, 4.69) is 25.4 Å². The molecule has 0 bridgehead atoms. The van der Waals surface area contributed by atoms with Gasteiger partial charge in [-0.15, -0.1) is 0 Å². The fraction of sp³-hybridized carbons (Fsp3) is 0.625. The van der Waals surface area contributed by atoms with Crippen LogP contribution in [0.25, 0.3) is 20.9 Å². The summed E-state index contributed by atoms with van der Waals surface area (Å²) in [6.45, 7) is 2.63. The quantitative estimate of drug-likeness (QED) is 0.150. The average Bonchev–Trinajstić information content (AvgIpc) is 2.91. The van der Waals surface area contributed by atoms with E-state index in [9.17, 15) is 14.4 Å². The van der Waals surface area contributed by atoms with E-state index in [0.29, 0.717) is 19.3 Å². The fourth-order valence-corrected chi connectivity index (χ4v) is 4.59. The van der Waals surface area contributed by atoms with Crippen molar-refractivity contribution in [1.29, 1.82) is 0 Å². The second-order valence-electron chi connectivity index (χ2n) is 9.09. The van der Waals surface area contributed by atoms with Gasteiger partial charge in [-0.2, -0.15) is 0 Å². The largest absolute Gasteiger partial charge is 0.458 e. The van der Waals surface area contributed by atoms with Crippen LogP contribution in [0, 0.1) is 0 Å². The Hall–Kier alpha value is -4.03. The number of nitrogens with zero attached hydrogens (tertiary/aromatic N) is 6. The van der Waals surface area contributed by atoms with Crippen LogP contribution in [0.5, 0.6) is 0 Å². The highest BCUT2D eigenvalue weighted by Crippen LogP contribution is 2.34. The normalized spacial score (nSPS) is 28.1. The molecule has 1 saturated carbocycles. The molecule has 2 unspecified atom stereocenters. The Morgan fingerprint density at radius 3 is 2.26 bits per heavy atom. The zero-order valence-electron chi connectivity index (χ0n) is 21.6. The second kappa shape index (κ2) is 14.8. The Bertz CT molecular complexity index is 1090. The van der Waals surface area contributed by atoms with Crippen molar-refractivity contribution in [2.45, 2.75) is 88.9 Å². The summed E-state index contributed by atoms with van der Waals surface area (Å²) >= 11 is 0. The Balaban J connectivity index is 1.66. The molecule has 1 heterocycles. The van der Waals surface area contributed by atoms with E-state index in [1.165, 1.54) is 6.92 Å². The monoisotopic (exact) mass is 545 g/mol. The van der Waals surface area contributed by atoms with Crippen LogP contribution in [0.3, 0.4) is 0 Å². The summed E-state index contributed by atoms with van der Waals surface area (Å²) in [7, 11) is 0. The molecule has 2 fully saturated rings. The molecule has 7 atom stereocenters. The number of carbonyl (C=O) groups is 3. The maximum absolute atomic E-state index is 12.1. The number of alkyl carbamates (subject to hydrolysis) is 1. The highest BCUT2D eigenvalue weighted by Gasteiger charge is 2.50. The van der Waals surface area contributed by atoms with Crippen molar-refractivity contribution in [3.63, 3.8) is 0 Å². The lowest BCUT2D eigenvalue weighted by Gasteiger charge is -2.44. The number of ether oxygens (including phenoxy) is 5. The van der Waals surface area contributed by atoms with E-state index >= 15 is 0 Å². The van der Waals surface area contributed by atoms with Gasteiger partial charge in [0.05, 0.1) is 18.2 Å². The molecule has 2 aliphatic rings. The maximum atomic E-state index is 12.1. The molecular formula is C24H31N7O8. The van der Waals surface area contributed by atoms with Crippen molar-refractivity contribution in [2.75, 3.05) is 6.54 Å². The number of rotatable bonds is 10. The summed E-state index contributed by atoms with van der Waals surface area (Å²) in [6, 6.07) is 7.37. The molecule has 1 saturated heterocycles. The van der Waals surface area contributed by atoms with Crippen LogP contribution in [0.15, 0.2) is 40.6 Å². The third kappa shape index (κ3) is 9.04. The molecule has 0 radical (unpaired) electrons. The number of esters is 2. The molecule has 210 valence electrons. The summed E-state index contributed by atoms with van der Waals surface area (Å²) in [5.41, 5.74) is 19.0. The van der Waals surface area contributed by atoms with Gasteiger partial charge in [0.15, 0.2) is 12.4 Å². The molecule has 1 aliphatic heterocycles. The van der Waals surface area contributed by atoms with Crippen LogP contribution in [0.2, 0.25) is 0 Å². The van der Waals surface area contributed by atoms with E-state index in [1.54, 1.807) is 0 Å². The topological polar surface area (TPSA) is 207 Å². The number of benzene rings is 1. The van der Waals surface area contributed by atoms with Crippen LogP contribution >= 0.6 is 0 Å². The number of nitrogens with one attached hydrogen (secondary N) is 1. The smallest absolute Gasteiger partial charge is 0.407 e.